The number of nitrogens with one attached hydrogen (secondary N) is 1. The minimum atomic E-state index is -0.0645. The third kappa shape index (κ3) is 4.43. The second-order valence-electron chi connectivity index (χ2n) is 7.18. The molecule has 0 saturated heterocycles. The van der Waals surface area contributed by atoms with Gasteiger partial charge in [-0.05, 0) is 42.0 Å². The largest absolute Gasteiger partial charge is 0.323 e. The molecule has 1 saturated carbocycles. The van der Waals surface area contributed by atoms with Crippen molar-refractivity contribution in [2.75, 3.05) is 5.32 Å². The average Bonchev–Trinajstić information content (AvgIpc) is 3.19. The molecular weight excluding hydrogens is 318 g/mol. The van der Waals surface area contributed by atoms with Crippen molar-refractivity contribution in [1.29, 1.82) is 0 Å². The lowest BCUT2D eigenvalue weighted by molar-refractivity contribution is -0.119. The molecule has 8 heteroatoms. The average molecular weight is 345 g/mol. The van der Waals surface area contributed by atoms with Gasteiger partial charge < -0.3 is 5.32 Å². The summed E-state index contributed by atoms with van der Waals surface area (Å²) in [6.07, 6.45) is 10.7. The summed E-state index contributed by atoms with van der Waals surface area (Å²) in [6.45, 7) is 5.60. The van der Waals surface area contributed by atoms with Crippen molar-refractivity contribution in [1.82, 2.24) is 30.0 Å². The number of amides is 1. The van der Waals surface area contributed by atoms with Gasteiger partial charge in [0.05, 0.1) is 17.9 Å². The molecule has 0 atom stereocenters. The third-order valence-corrected chi connectivity index (χ3v) is 5.01. The van der Waals surface area contributed by atoms with Crippen LogP contribution < -0.4 is 5.32 Å². The Morgan fingerprint density at radius 2 is 2.08 bits per heavy atom. The van der Waals surface area contributed by atoms with E-state index in [1.54, 1.807) is 11.0 Å². The first-order valence-corrected chi connectivity index (χ1v) is 9.15. The number of anilines is 1. The Morgan fingerprint density at radius 1 is 1.28 bits per heavy atom. The molecule has 0 aromatic carbocycles. The lowest BCUT2D eigenvalue weighted by atomic mass is 9.71. The smallest absolute Gasteiger partial charge is 0.225 e. The lowest BCUT2D eigenvalue weighted by Gasteiger charge is -2.36. The van der Waals surface area contributed by atoms with E-state index in [0.717, 1.165) is 50.0 Å². The van der Waals surface area contributed by atoms with Crippen LogP contribution in [0.1, 0.15) is 57.6 Å². The van der Waals surface area contributed by atoms with Crippen LogP contribution in [0.3, 0.4) is 0 Å². The molecule has 25 heavy (non-hydrogen) atoms. The van der Waals surface area contributed by atoms with Crippen molar-refractivity contribution in [3.8, 4) is 0 Å². The maximum atomic E-state index is 12.7. The van der Waals surface area contributed by atoms with Gasteiger partial charge in [-0.15, -0.1) is 5.10 Å². The highest BCUT2D eigenvalue weighted by Crippen LogP contribution is 2.41. The van der Waals surface area contributed by atoms with Crippen LogP contribution in [-0.2, 0) is 17.9 Å². The molecule has 3 rings (SSSR count). The van der Waals surface area contributed by atoms with Gasteiger partial charge in [0.25, 0.3) is 0 Å². The van der Waals surface area contributed by atoms with Crippen LogP contribution in [0.5, 0.6) is 0 Å². The zero-order chi connectivity index (χ0) is 17.7. The first-order valence-electron chi connectivity index (χ1n) is 9.15. The number of tetrazole rings is 1. The molecule has 136 valence electrons. The molecule has 0 radical (unpaired) electrons. The van der Waals surface area contributed by atoms with Crippen LogP contribution in [0.4, 0.5) is 5.69 Å². The Kier molecular flexibility index (Phi) is 5.45. The summed E-state index contributed by atoms with van der Waals surface area (Å²) in [5.41, 5.74) is 1.61. The number of nitrogens with zero attached hydrogens (tertiary/aromatic N) is 6. The van der Waals surface area contributed by atoms with E-state index >= 15 is 0 Å². The first kappa shape index (κ1) is 17.6. The normalized spacial score (nSPS) is 16.7. The molecule has 1 N–H and O–H groups in total. The molecule has 1 fully saturated rings. The highest BCUT2D eigenvalue weighted by Gasteiger charge is 2.35. The van der Waals surface area contributed by atoms with Gasteiger partial charge in [-0.1, -0.05) is 26.2 Å². The molecule has 0 bridgehead atoms. The molecule has 2 heterocycles. The molecule has 1 aliphatic rings. The van der Waals surface area contributed by atoms with Gasteiger partial charge in [-0.2, -0.15) is 5.10 Å². The van der Waals surface area contributed by atoms with Crippen molar-refractivity contribution >= 4 is 11.6 Å². The first-order chi connectivity index (χ1) is 12.1. The van der Waals surface area contributed by atoms with Crippen LogP contribution in [0, 0.1) is 12.3 Å². The number of aromatic nitrogens is 6. The number of carbonyl (C=O) groups excluding carboxylic acids is 1. The molecule has 0 unspecified atom stereocenters. The Labute approximate surface area is 148 Å². The lowest BCUT2D eigenvalue weighted by Crippen LogP contribution is -2.34. The number of hydrogen-bond donors (Lipinski definition) is 1. The highest BCUT2D eigenvalue weighted by atomic mass is 16.1. The Bertz CT molecular complexity index is 686. The summed E-state index contributed by atoms with van der Waals surface area (Å²) in [6, 6.07) is 0. The Balaban J connectivity index is 1.67. The van der Waals surface area contributed by atoms with Crippen molar-refractivity contribution < 1.29 is 4.79 Å². The predicted octanol–water partition coefficient (Wildman–Crippen LogP) is 2.57. The van der Waals surface area contributed by atoms with Crippen LogP contribution in [0.25, 0.3) is 0 Å². The molecule has 0 spiro atoms. The summed E-state index contributed by atoms with van der Waals surface area (Å²) in [5, 5.41) is 18.9. The van der Waals surface area contributed by atoms with Gasteiger partial charge in [-0.3, -0.25) is 9.48 Å². The number of hydrogen-bond acceptors (Lipinski definition) is 5. The fourth-order valence-electron chi connectivity index (χ4n) is 3.81. The van der Waals surface area contributed by atoms with E-state index in [9.17, 15) is 4.79 Å². The molecule has 1 aliphatic carbocycles. The van der Waals surface area contributed by atoms with Gasteiger partial charge in [0.1, 0.15) is 6.33 Å². The quantitative estimate of drug-likeness (QED) is 0.833. The highest BCUT2D eigenvalue weighted by molar-refractivity contribution is 5.91. The van der Waals surface area contributed by atoms with Gasteiger partial charge in [0.2, 0.25) is 5.91 Å². The molecule has 2 aromatic heterocycles. The van der Waals surface area contributed by atoms with Crippen molar-refractivity contribution in [3.05, 3.63) is 18.2 Å². The van der Waals surface area contributed by atoms with Crippen LogP contribution in [0.15, 0.2) is 12.5 Å². The molecule has 8 nitrogen and oxygen atoms in total. The number of carbonyl (C=O) groups is 1. The standard InChI is InChI=1S/C17H27N7O/c1-3-9-23-11-15(14(2)20-23)19-16(25)10-17(7-5-4-6-8-17)12-24-13-18-21-22-24/h11,13H,3-10,12H2,1-2H3,(H,19,25). The predicted molar refractivity (Wildman–Crippen MR) is 93.8 cm³/mol. The minimum Gasteiger partial charge on any atom is -0.323 e. The zero-order valence-corrected chi connectivity index (χ0v) is 15.1. The fraction of sp³-hybridized carbons (Fsp3) is 0.706. The van der Waals surface area contributed by atoms with E-state index in [0.29, 0.717) is 13.0 Å². The van der Waals surface area contributed by atoms with Crippen LogP contribution >= 0.6 is 0 Å². The van der Waals surface area contributed by atoms with Crippen LogP contribution in [-0.4, -0.2) is 35.9 Å². The van der Waals surface area contributed by atoms with Gasteiger partial charge in [-0.25, -0.2) is 4.68 Å². The van der Waals surface area contributed by atoms with Gasteiger partial charge >= 0.3 is 0 Å². The zero-order valence-electron chi connectivity index (χ0n) is 15.1. The maximum Gasteiger partial charge on any atom is 0.225 e. The number of aryl methyl sites for hydroxylation is 2. The van der Waals surface area contributed by atoms with E-state index in [2.05, 4.69) is 32.9 Å². The molecule has 0 aliphatic heterocycles. The monoisotopic (exact) mass is 345 g/mol. The molecular formula is C17H27N7O. The summed E-state index contributed by atoms with van der Waals surface area (Å²) < 4.78 is 3.64. The van der Waals surface area contributed by atoms with Gasteiger partial charge in [0, 0.05) is 19.2 Å². The molecule has 1 amide bonds. The second-order valence-corrected chi connectivity index (χ2v) is 7.18. The second kappa shape index (κ2) is 7.76. The Morgan fingerprint density at radius 3 is 2.76 bits per heavy atom. The summed E-state index contributed by atoms with van der Waals surface area (Å²) in [5.74, 6) is 0.0501. The summed E-state index contributed by atoms with van der Waals surface area (Å²) in [7, 11) is 0. The van der Waals surface area contributed by atoms with E-state index < -0.39 is 0 Å². The van der Waals surface area contributed by atoms with Crippen LogP contribution in [0.2, 0.25) is 0 Å². The summed E-state index contributed by atoms with van der Waals surface area (Å²) in [4.78, 5) is 12.7. The van der Waals surface area contributed by atoms with E-state index in [4.69, 9.17) is 0 Å². The maximum absolute atomic E-state index is 12.7. The third-order valence-electron chi connectivity index (χ3n) is 5.01. The van der Waals surface area contributed by atoms with Crippen molar-refractivity contribution in [2.45, 2.75) is 71.9 Å². The summed E-state index contributed by atoms with van der Waals surface area (Å²) >= 11 is 0. The van der Waals surface area contributed by atoms with Crippen molar-refractivity contribution in [2.24, 2.45) is 5.41 Å². The van der Waals surface area contributed by atoms with E-state index in [1.165, 1.54) is 6.42 Å². The topological polar surface area (TPSA) is 90.5 Å². The minimum absolute atomic E-state index is 0.0501. The SMILES string of the molecule is CCCn1cc(NC(=O)CC2(Cn3cnnn3)CCCCC2)c(C)n1. The number of rotatable bonds is 7. The Hall–Kier alpha value is -2.25. The van der Waals surface area contributed by atoms with E-state index in [1.807, 2.05) is 17.8 Å². The van der Waals surface area contributed by atoms with Gasteiger partial charge in [0.15, 0.2) is 0 Å². The molecule has 2 aromatic rings. The fourth-order valence-corrected chi connectivity index (χ4v) is 3.81. The van der Waals surface area contributed by atoms with Crippen molar-refractivity contribution in [3.63, 3.8) is 0 Å². The van der Waals surface area contributed by atoms with E-state index in [-0.39, 0.29) is 11.3 Å².